The summed E-state index contributed by atoms with van der Waals surface area (Å²) in [4.78, 5) is 13.2. The summed E-state index contributed by atoms with van der Waals surface area (Å²) >= 11 is 0. The Morgan fingerprint density at radius 1 is 1.38 bits per heavy atom. The van der Waals surface area contributed by atoms with Gasteiger partial charge in [-0.15, -0.1) is 0 Å². The molecule has 74 valence electrons. The molecule has 1 heterocycles. The van der Waals surface area contributed by atoms with Crippen LogP contribution >= 0.6 is 0 Å². The monoisotopic (exact) mass is 182 g/mol. The van der Waals surface area contributed by atoms with Gasteiger partial charge in [0.05, 0.1) is 0 Å². The Bertz CT molecular complexity index is 207. The predicted octanol–water partition coefficient (Wildman–Crippen LogP) is 0.902. The van der Waals surface area contributed by atoms with Gasteiger partial charge in [0.25, 0.3) is 0 Å². The minimum atomic E-state index is -0.377. The molecule has 1 atom stereocenters. The van der Waals surface area contributed by atoms with Gasteiger partial charge in [0.15, 0.2) is 0 Å². The average Bonchev–Trinajstić information content (AvgIpc) is 2.17. The van der Waals surface area contributed by atoms with Crippen molar-refractivity contribution in [2.45, 2.75) is 32.2 Å². The molecule has 2 N–H and O–H groups in total. The van der Waals surface area contributed by atoms with Crippen LogP contribution in [0.5, 0.6) is 0 Å². The molecule has 0 aliphatic carbocycles. The third-order valence-electron chi connectivity index (χ3n) is 2.76. The fourth-order valence-corrected chi connectivity index (χ4v) is 1.73. The quantitative estimate of drug-likeness (QED) is 0.659. The van der Waals surface area contributed by atoms with Gasteiger partial charge in [-0.25, -0.2) is 0 Å². The molecule has 1 amide bonds. The number of hydrogen-bond acceptors (Lipinski definition) is 2. The Morgan fingerprint density at radius 2 is 1.92 bits per heavy atom. The number of carbonyl (C=O) groups excluding carboxylic acids is 1. The third kappa shape index (κ3) is 2.56. The highest BCUT2D eigenvalue weighted by Crippen LogP contribution is 2.15. The first-order chi connectivity index (χ1) is 6.13. The lowest BCUT2D eigenvalue weighted by Gasteiger charge is -2.32. The number of hydrogen-bond donors (Lipinski definition) is 1. The number of primary amides is 1. The van der Waals surface area contributed by atoms with Gasteiger partial charge in [-0.05, 0) is 32.9 Å². The van der Waals surface area contributed by atoms with Crippen LogP contribution in [0.25, 0.3) is 0 Å². The highest BCUT2D eigenvalue weighted by atomic mass is 16.1. The van der Waals surface area contributed by atoms with Crippen LogP contribution in [-0.2, 0) is 4.79 Å². The molecule has 0 aromatic carbocycles. The Labute approximate surface area is 79.6 Å². The van der Waals surface area contributed by atoms with E-state index in [1.807, 2.05) is 6.92 Å². The summed E-state index contributed by atoms with van der Waals surface area (Å²) in [5.74, 6) is -0.377. The molecule has 1 unspecified atom stereocenters. The second-order valence-electron chi connectivity index (χ2n) is 3.66. The molecule has 0 saturated carbocycles. The number of rotatable bonds is 3. The highest BCUT2D eigenvalue weighted by Gasteiger charge is 2.20. The number of piperidine rings is 1. The molecular weight excluding hydrogens is 164 g/mol. The minimum absolute atomic E-state index is 0.109. The summed E-state index contributed by atoms with van der Waals surface area (Å²) in [5, 5.41) is 0. The highest BCUT2D eigenvalue weighted by molar-refractivity contribution is 5.92. The van der Waals surface area contributed by atoms with Crippen molar-refractivity contribution in [3.05, 3.63) is 12.2 Å². The van der Waals surface area contributed by atoms with Crippen molar-refractivity contribution in [3.8, 4) is 0 Å². The minimum Gasteiger partial charge on any atom is -0.366 e. The molecule has 0 radical (unpaired) electrons. The molecule has 1 aliphatic heterocycles. The summed E-state index contributed by atoms with van der Waals surface area (Å²) < 4.78 is 0. The van der Waals surface area contributed by atoms with E-state index in [0.717, 1.165) is 13.1 Å². The van der Waals surface area contributed by atoms with Gasteiger partial charge in [-0.3, -0.25) is 9.69 Å². The Kier molecular flexibility index (Phi) is 3.48. The van der Waals surface area contributed by atoms with Gasteiger partial charge < -0.3 is 5.73 Å². The van der Waals surface area contributed by atoms with Crippen LogP contribution in [0.3, 0.4) is 0 Å². The number of likely N-dealkylation sites (tertiary alicyclic amines) is 1. The van der Waals surface area contributed by atoms with E-state index < -0.39 is 0 Å². The van der Waals surface area contributed by atoms with Crippen LogP contribution in [0, 0.1) is 0 Å². The molecule has 1 aliphatic rings. The largest absolute Gasteiger partial charge is 0.366 e. The van der Waals surface area contributed by atoms with Gasteiger partial charge >= 0.3 is 0 Å². The van der Waals surface area contributed by atoms with Gasteiger partial charge in [-0.1, -0.05) is 13.0 Å². The molecular formula is C10H18N2O. The standard InChI is InChI=1S/C10H18N2O/c1-8(10(11)13)9(2)12-6-4-3-5-7-12/h9H,1,3-7H2,2H3,(H2,11,13). The molecule has 1 rings (SSSR count). The third-order valence-corrected chi connectivity index (χ3v) is 2.76. The molecule has 3 nitrogen and oxygen atoms in total. The first-order valence-corrected chi connectivity index (χ1v) is 4.85. The van der Waals surface area contributed by atoms with Crippen molar-refractivity contribution >= 4 is 5.91 Å². The zero-order chi connectivity index (χ0) is 9.84. The maximum absolute atomic E-state index is 10.9. The van der Waals surface area contributed by atoms with Crippen LogP contribution in [0.2, 0.25) is 0 Å². The van der Waals surface area contributed by atoms with Crippen LogP contribution in [-0.4, -0.2) is 29.9 Å². The fraction of sp³-hybridized carbons (Fsp3) is 0.700. The predicted molar refractivity (Wildman–Crippen MR) is 53.2 cm³/mol. The summed E-state index contributed by atoms with van der Waals surface area (Å²) in [6, 6.07) is 0.109. The van der Waals surface area contributed by atoms with Crippen molar-refractivity contribution in [2.24, 2.45) is 5.73 Å². The van der Waals surface area contributed by atoms with Crippen LogP contribution in [0.15, 0.2) is 12.2 Å². The molecule has 13 heavy (non-hydrogen) atoms. The normalized spacial score (nSPS) is 21.0. The molecule has 0 aromatic heterocycles. The number of amides is 1. The van der Waals surface area contributed by atoms with E-state index in [9.17, 15) is 4.79 Å². The maximum atomic E-state index is 10.9. The Hall–Kier alpha value is -0.830. The van der Waals surface area contributed by atoms with Gasteiger partial charge in [0.2, 0.25) is 5.91 Å². The van der Waals surface area contributed by atoms with Crippen molar-refractivity contribution in [1.29, 1.82) is 0 Å². The fourth-order valence-electron chi connectivity index (χ4n) is 1.73. The van der Waals surface area contributed by atoms with Gasteiger partial charge in [0, 0.05) is 11.6 Å². The number of nitrogens with two attached hydrogens (primary N) is 1. The van der Waals surface area contributed by atoms with E-state index in [0.29, 0.717) is 5.57 Å². The Morgan fingerprint density at radius 3 is 2.38 bits per heavy atom. The van der Waals surface area contributed by atoms with E-state index in [1.54, 1.807) is 0 Å². The van der Waals surface area contributed by atoms with Crippen LogP contribution in [0.4, 0.5) is 0 Å². The first kappa shape index (κ1) is 10.3. The molecule has 1 saturated heterocycles. The lowest BCUT2D eigenvalue weighted by Crippen LogP contribution is -2.41. The van der Waals surface area contributed by atoms with E-state index >= 15 is 0 Å². The molecule has 1 fully saturated rings. The van der Waals surface area contributed by atoms with Crippen molar-refractivity contribution in [3.63, 3.8) is 0 Å². The van der Waals surface area contributed by atoms with Crippen LogP contribution < -0.4 is 5.73 Å². The van der Waals surface area contributed by atoms with Gasteiger partial charge in [0.1, 0.15) is 0 Å². The molecule has 3 heteroatoms. The topological polar surface area (TPSA) is 46.3 Å². The second kappa shape index (κ2) is 4.42. The maximum Gasteiger partial charge on any atom is 0.245 e. The average molecular weight is 182 g/mol. The van der Waals surface area contributed by atoms with E-state index in [2.05, 4.69) is 11.5 Å². The van der Waals surface area contributed by atoms with E-state index in [-0.39, 0.29) is 11.9 Å². The summed E-state index contributed by atoms with van der Waals surface area (Å²) in [6.07, 6.45) is 3.74. The number of carbonyl (C=O) groups is 1. The summed E-state index contributed by atoms with van der Waals surface area (Å²) in [7, 11) is 0. The SMILES string of the molecule is C=C(C(N)=O)C(C)N1CCCCC1. The lowest BCUT2D eigenvalue weighted by molar-refractivity contribution is -0.115. The van der Waals surface area contributed by atoms with Crippen molar-refractivity contribution in [2.75, 3.05) is 13.1 Å². The zero-order valence-corrected chi connectivity index (χ0v) is 8.25. The van der Waals surface area contributed by atoms with E-state index in [4.69, 9.17) is 5.73 Å². The molecule has 0 spiro atoms. The second-order valence-corrected chi connectivity index (χ2v) is 3.66. The molecule has 0 aromatic rings. The lowest BCUT2D eigenvalue weighted by atomic mass is 10.0. The Balaban J connectivity index is 2.49. The van der Waals surface area contributed by atoms with Crippen molar-refractivity contribution < 1.29 is 4.79 Å². The molecule has 0 bridgehead atoms. The summed E-state index contributed by atoms with van der Waals surface area (Å²) in [5.41, 5.74) is 5.71. The van der Waals surface area contributed by atoms with E-state index in [1.165, 1.54) is 19.3 Å². The summed E-state index contributed by atoms with van der Waals surface area (Å²) in [6.45, 7) is 7.84. The van der Waals surface area contributed by atoms with Crippen LogP contribution in [0.1, 0.15) is 26.2 Å². The van der Waals surface area contributed by atoms with Crippen molar-refractivity contribution in [1.82, 2.24) is 4.90 Å². The smallest absolute Gasteiger partial charge is 0.245 e. The zero-order valence-electron chi connectivity index (χ0n) is 8.25. The first-order valence-electron chi connectivity index (χ1n) is 4.85. The number of nitrogens with zero attached hydrogens (tertiary/aromatic N) is 1. The van der Waals surface area contributed by atoms with Gasteiger partial charge in [-0.2, -0.15) is 0 Å².